The minimum absolute atomic E-state index is 0.0694. The van der Waals surface area contributed by atoms with Crippen molar-refractivity contribution in [1.29, 1.82) is 0 Å². The van der Waals surface area contributed by atoms with Crippen LogP contribution in [-0.2, 0) is 11.0 Å². The van der Waals surface area contributed by atoms with E-state index in [9.17, 15) is 5.11 Å². The van der Waals surface area contributed by atoms with Crippen molar-refractivity contribution < 1.29 is 39.7 Å². The molecule has 1 aromatic carbocycles. The largest absolute Gasteiger partial charge is 0.508 e. The van der Waals surface area contributed by atoms with Gasteiger partial charge in [0, 0.05) is 19.6 Å². The summed E-state index contributed by atoms with van der Waals surface area (Å²) in [5.41, 5.74) is 0.928. The number of phenolic OH excluding ortho intramolecular Hbond substituents is 1. The molecule has 0 unspecified atom stereocenters. The quantitative estimate of drug-likeness (QED) is 0.231. The van der Waals surface area contributed by atoms with Crippen LogP contribution in [0.25, 0.3) is 0 Å². The number of hydrogen-bond acceptors (Lipinski definition) is 6. The number of allylic oxidation sites excluding steroid dienone is 1. The molecule has 0 aliphatic rings. The van der Waals surface area contributed by atoms with Crippen LogP contribution in [-0.4, -0.2) is 79.5 Å². The van der Waals surface area contributed by atoms with Gasteiger partial charge in [-0.1, -0.05) is 24.3 Å². The van der Waals surface area contributed by atoms with E-state index >= 15 is 0 Å². The van der Waals surface area contributed by atoms with Crippen molar-refractivity contribution >= 4 is 7.82 Å². The summed E-state index contributed by atoms with van der Waals surface area (Å²) in [4.78, 5) is 23.4. The van der Waals surface area contributed by atoms with Gasteiger partial charge in [0.25, 0.3) is 0 Å². The minimum atomic E-state index is -4.64. The fraction of sp³-hybridized carbons (Fsp3) is 0.467. The fourth-order valence-electron chi connectivity index (χ4n) is 1.60. The average molecular weight is 381 g/mol. The summed E-state index contributed by atoms with van der Waals surface area (Å²) >= 11 is 0. The minimum Gasteiger partial charge on any atom is -0.508 e. The van der Waals surface area contributed by atoms with E-state index in [0.717, 1.165) is 12.0 Å². The van der Waals surface area contributed by atoms with Crippen molar-refractivity contribution in [1.82, 2.24) is 4.90 Å². The Balaban J connectivity index is 0. The average Bonchev–Trinajstić information content (AvgIpc) is 2.50. The van der Waals surface area contributed by atoms with Crippen LogP contribution in [0.4, 0.5) is 0 Å². The summed E-state index contributed by atoms with van der Waals surface area (Å²) in [6.45, 7) is 5.34. The van der Waals surface area contributed by atoms with Crippen LogP contribution in [0.3, 0.4) is 0 Å². The molecule has 0 saturated carbocycles. The number of nitrogens with zero attached hydrogens (tertiary/aromatic N) is 1. The zero-order valence-corrected chi connectivity index (χ0v) is 14.9. The van der Waals surface area contributed by atoms with Gasteiger partial charge in [0.15, 0.2) is 0 Å². The molecule has 0 fully saturated rings. The summed E-state index contributed by atoms with van der Waals surface area (Å²) < 4.78 is 8.88. The highest BCUT2D eigenvalue weighted by Crippen LogP contribution is 2.25. The lowest BCUT2D eigenvalue weighted by molar-refractivity contribution is 0.136. The molecule has 0 bridgehead atoms. The third-order valence-electron chi connectivity index (χ3n) is 2.60. The van der Waals surface area contributed by atoms with Gasteiger partial charge in [0.05, 0.1) is 19.8 Å². The molecular weight excluding hydrogens is 353 g/mol. The summed E-state index contributed by atoms with van der Waals surface area (Å²) in [5.74, 6) is 0.349. The third-order valence-corrected chi connectivity index (χ3v) is 2.60. The number of para-hydroxylation sites is 1. The summed E-state index contributed by atoms with van der Waals surface area (Å²) in [6.07, 6.45) is 2.50. The van der Waals surface area contributed by atoms with Gasteiger partial charge in [0.1, 0.15) is 5.75 Å². The predicted octanol–water partition coefficient (Wildman–Crippen LogP) is -0.543. The zero-order chi connectivity index (χ0) is 19.7. The number of aliphatic hydroxyl groups excluding tert-OH is 3. The monoisotopic (exact) mass is 381 g/mol. The molecule has 0 amide bonds. The second-order valence-electron chi connectivity index (χ2n) is 4.65. The van der Waals surface area contributed by atoms with E-state index in [4.69, 9.17) is 34.6 Å². The molecular formula is C15H28NO8P. The Morgan fingerprint density at radius 1 is 0.960 bits per heavy atom. The smallest absolute Gasteiger partial charge is 0.466 e. The lowest BCUT2D eigenvalue weighted by Gasteiger charge is -2.17. The van der Waals surface area contributed by atoms with E-state index in [-0.39, 0.29) is 19.8 Å². The fourth-order valence-corrected chi connectivity index (χ4v) is 1.60. The molecule has 10 heteroatoms. The van der Waals surface area contributed by atoms with E-state index in [1.54, 1.807) is 17.0 Å². The topological polar surface area (TPSA) is 162 Å². The second-order valence-corrected chi connectivity index (χ2v) is 5.67. The Labute approximate surface area is 147 Å². The van der Waals surface area contributed by atoms with Crippen molar-refractivity contribution in [3.63, 3.8) is 0 Å². The molecule has 0 aliphatic carbocycles. The summed E-state index contributed by atoms with van der Waals surface area (Å²) in [6, 6.07) is 7.27. The van der Waals surface area contributed by atoms with Crippen molar-refractivity contribution in [2.24, 2.45) is 0 Å². The van der Waals surface area contributed by atoms with Gasteiger partial charge in [-0.25, -0.2) is 4.57 Å². The maximum absolute atomic E-state index is 9.19. The van der Waals surface area contributed by atoms with Gasteiger partial charge in [-0.2, -0.15) is 0 Å². The van der Waals surface area contributed by atoms with E-state index in [2.05, 4.69) is 6.58 Å². The Hall–Kier alpha value is -1.29. The second kappa shape index (κ2) is 16.2. The van der Waals surface area contributed by atoms with Crippen LogP contribution in [0, 0.1) is 0 Å². The molecule has 0 saturated heterocycles. The van der Waals surface area contributed by atoms with Crippen molar-refractivity contribution in [3.05, 3.63) is 42.5 Å². The number of aliphatic hydroxyl groups is 3. The van der Waals surface area contributed by atoms with Gasteiger partial charge in [-0.3, -0.25) is 4.90 Å². The van der Waals surface area contributed by atoms with E-state index in [1.807, 2.05) is 18.2 Å². The molecule has 0 heterocycles. The summed E-state index contributed by atoms with van der Waals surface area (Å²) in [7, 11) is -4.64. The van der Waals surface area contributed by atoms with E-state index in [1.165, 1.54) is 0 Å². The first-order valence-corrected chi connectivity index (χ1v) is 8.97. The molecule has 0 aliphatic heterocycles. The molecule has 1 aromatic rings. The van der Waals surface area contributed by atoms with Crippen molar-refractivity contribution in [2.75, 3.05) is 39.5 Å². The highest BCUT2D eigenvalue weighted by Gasteiger charge is 2.00. The van der Waals surface area contributed by atoms with E-state index in [0.29, 0.717) is 25.4 Å². The van der Waals surface area contributed by atoms with Crippen LogP contribution in [0.1, 0.15) is 5.56 Å². The Morgan fingerprint density at radius 2 is 1.36 bits per heavy atom. The zero-order valence-electron chi connectivity index (χ0n) is 14.0. The maximum atomic E-state index is 9.19. The molecule has 0 atom stereocenters. The number of phosphoric acid groups is 1. The molecule has 9 nitrogen and oxygen atoms in total. The van der Waals surface area contributed by atoms with Gasteiger partial charge in [-0.15, -0.1) is 6.58 Å². The Morgan fingerprint density at radius 3 is 1.68 bits per heavy atom. The molecule has 146 valence electrons. The van der Waals surface area contributed by atoms with Gasteiger partial charge < -0.3 is 35.1 Å². The Kier molecular flexibility index (Phi) is 16.8. The van der Waals surface area contributed by atoms with Gasteiger partial charge in [0.2, 0.25) is 0 Å². The SMILES string of the molecule is C=CCc1ccccc1O.O=P(O)(O)O.OCCN(CCO)CCO. The first kappa shape index (κ1) is 25.9. The van der Waals surface area contributed by atoms with Crippen LogP contribution < -0.4 is 0 Å². The van der Waals surface area contributed by atoms with Gasteiger partial charge >= 0.3 is 7.82 Å². The van der Waals surface area contributed by atoms with Crippen LogP contribution in [0.15, 0.2) is 36.9 Å². The number of phenols is 1. The lowest BCUT2D eigenvalue weighted by Crippen LogP contribution is -2.32. The lowest BCUT2D eigenvalue weighted by atomic mass is 10.1. The predicted molar refractivity (Wildman–Crippen MR) is 94.0 cm³/mol. The standard InChI is InChI=1S/C9H10O.C6H15NO3.H3O4P/c1-2-5-8-6-3-4-7-9(8)10;8-4-1-7(2-5-9)3-6-10;1-5(2,3)4/h2-4,6-7,10H,1,5H2;8-10H,1-6H2;(H3,1,2,3,4). The first-order valence-electron chi connectivity index (χ1n) is 7.40. The van der Waals surface area contributed by atoms with Crippen LogP contribution in [0.5, 0.6) is 5.75 Å². The molecule has 0 spiro atoms. The maximum Gasteiger partial charge on any atom is 0.466 e. The van der Waals surface area contributed by atoms with Crippen molar-refractivity contribution in [3.8, 4) is 5.75 Å². The number of rotatable bonds is 8. The van der Waals surface area contributed by atoms with Crippen LogP contribution in [0.2, 0.25) is 0 Å². The molecule has 25 heavy (non-hydrogen) atoms. The number of benzene rings is 1. The van der Waals surface area contributed by atoms with Crippen LogP contribution >= 0.6 is 7.82 Å². The normalized spacial score (nSPS) is 10.4. The summed E-state index contributed by atoms with van der Waals surface area (Å²) in [5, 5.41) is 34.6. The molecule has 0 radical (unpaired) electrons. The molecule has 0 aromatic heterocycles. The van der Waals surface area contributed by atoms with Crippen molar-refractivity contribution in [2.45, 2.75) is 6.42 Å². The Bertz CT molecular complexity index is 472. The van der Waals surface area contributed by atoms with E-state index < -0.39 is 7.82 Å². The molecule has 7 N–H and O–H groups in total. The highest BCUT2D eigenvalue weighted by atomic mass is 31.2. The third kappa shape index (κ3) is 20.7. The number of hydrogen-bond donors (Lipinski definition) is 7. The van der Waals surface area contributed by atoms with Gasteiger partial charge in [-0.05, 0) is 18.1 Å². The molecule has 1 rings (SSSR count). The first-order chi connectivity index (χ1) is 11.7. The highest BCUT2D eigenvalue weighted by molar-refractivity contribution is 7.45. The number of aromatic hydroxyl groups is 1.